The third kappa shape index (κ3) is 4.67. The van der Waals surface area contributed by atoms with Crippen LogP contribution in [0.5, 0.6) is 0 Å². The molecular weight excluding hydrogens is 240 g/mol. The summed E-state index contributed by atoms with van der Waals surface area (Å²) in [4.78, 5) is 10.6. The highest BCUT2D eigenvalue weighted by Crippen LogP contribution is 2.26. The first-order valence-corrected chi connectivity index (χ1v) is 7.04. The highest BCUT2D eigenvalue weighted by Gasteiger charge is 2.18. The van der Waals surface area contributed by atoms with Gasteiger partial charge in [-0.05, 0) is 42.7 Å². The molecule has 1 saturated carbocycles. The highest BCUT2D eigenvalue weighted by molar-refractivity contribution is 5.70. The predicted octanol–water partition coefficient (Wildman–Crippen LogP) is 3.41. The minimum atomic E-state index is -0.791. The van der Waals surface area contributed by atoms with Crippen molar-refractivity contribution in [2.75, 3.05) is 0 Å². The van der Waals surface area contributed by atoms with Crippen LogP contribution in [0.25, 0.3) is 0 Å². The molecule has 0 radical (unpaired) electrons. The first kappa shape index (κ1) is 14.1. The van der Waals surface area contributed by atoms with Crippen molar-refractivity contribution in [2.24, 2.45) is 5.92 Å². The van der Waals surface area contributed by atoms with Crippen molar-refractivity contribution in [3.8, 4) is 0 Å². The van der Waals surface area contributed by atoms with Gasteiger partial charge in [0.15, 0.2) is 0 Å². The Balaban J connectivity index is 1.78. The van der Waals surface area contributed by atoms with Gasteiger partial charge >= 0.3 is 5.97 Å². The summed E-state index contributed by atoms with van der Waals surface area (Å²) in [6.45, 7) is 2.93. The van der Waals surface area contributed by atoms with Crippen LogP contribution in [0, 0.1) is 5.92 Å². The Morgan fingerprint density at radius 1 is 1.16 bits per heavy atom. The van der Waals surface area contributed by atoms with Crippen LogP contribution in [0.1, 0.15) is 43.7 Å². The number of carbonyl (C=O) groups is 1. The monoisotopic (exact) mass is 262 g/mol. The molecule has 0 heterocycles. The first-order valence-electron chi connectivity index (χ1n) is 7.04. The van der Waals surface area contributed by atoms with Gasteiger partial charge in [-0.25, -0.2) is 0 Å². The van der Waals surface area contributed by atoms with E-state index in [2.05, 4.69) is 6.92 Å². The Labute approximate surface area is 114 Å². The van der Waals surface area contributed by atoms with Gasteiger partial charge in [-0.15, -0.1) is 0 Å². The van der Waals surface area contributed by atoms with Gasteiger partial charge in [-0.2, -0.15) is 0 Å². The number of carboxylic acid groups (broad SMARTS) is 1. The van der Waals surface area contributed by atoms with E-state index in [1.165, 1.54) is 12.8 Å². The number of carboxylic acids is 1. The van der Waals surface area contributed by atoms with Gasteiger partial charge in [0.25, 0.3) is 0 Å². The van der Waals surface area contributed by atoms with E-state index < -0.39 is 5.97 Å². The zero-order valence-corrected chi connectivity index (χ0v) is 11.5. The summed E-state index contributed by atoms with van der Waals surface area (Å²) in [6, 6.07) is 7.67. The molecule has 0 saturated heterocycles. The standard InChI is InChI=1S/C16H22O3/c1-12-2-8-15(9-3-12)19-11-14-6-4-13(5-7-14)10-16(17)18/h4-7,12,15H,2-3,8-11H2,1H3,(H,17,18). The van der Waals surface area contributed by atoms with Gasteiger partial charge in [0.05, 0.1) is 19.1 Å². The van der Waals surface area contributed by atoms with Crippen molar-refractivity contribution >= 4 is 5.97 Å². The lowest BCUT2D eigenvalue weighted by molar-refractivity contribution is -0.136. The van der Waals surface area contributed by atoms with Crippen LogP contribution in [0.3, 0.4) is 0 Å². The maximum absolute atomic E-state index is 10.6. The van der Waals surface area contributed by atoms with Crippen molar-refractivity contribution in [1.29, 1.82) is 0 Å². The molecule has 1 aliphatic carbocycles. The lowest BCUT2D eigenvalue weighted by Gasteiger charge is -2.26. The molecule has 104 valence electrons. The van der Waals surface area contributed by atoms with E-state index in [-0.39, 0.29) is 6.42 Å². The van der Waals surface area contributed by atoms with E-state index in [0.29, 0.717) is 12.7 Å². The van der Waals surface area contributed by atoms with Crippen LogP contribution in [-0.4, -0.2) is 17.2 Å². The fourth-order valence-electron chi connectivity index (χ4n) is 2.54. The van der Waals surface area contributed by atoms with Crippen molar-refractivity contribution in [3.63, 3.8) is 0 Å². The number of ether oxygens (including phenoxy) is 1. The predicted molar refractivity (Wildman–Crippen MR) is 74.0 cm³/mol. The van der Waals surface area contributed by atoms with Crippen molar-refractivity contribution in [1.82, 2.24) is 0 Å². The number of benzene rings is 1. The molecule has 0 amide bonds. The van der Waals surface area contributed by atoms with Crippen LogP contribution < -0.4 is 0 Å². The van der Waals surface area contributed by atoms with Gasteiger partial charge in [0, 0.05) is 0 Å². The van der Waals surface area contributed by atoms with Crippen LogP contribution in [0.2, 0.25) is 0 Å². The maximum atomic E-state index is 10.6. The first-order chi connectivity index (χ1) is 9.13. The summed E-state index contributed by atoms with van der Waals surface area (Å²) < 4.78 is 5.92. The van der Waals surface area contributed by atoms with Gasteiger partial charge in [0.1, 0.15) is 0 Å². The van der Waals surface area contributed by atoms with E-state index in [1.54, 1.807) is 0 Å². The molecule has 1 aromatic carbocycles. The third-order valence-electron chi connectivity index (χ3n) is 3.83. The second kappa shape index (κ2) is 6.71. The van der Waals surface area contributed by atoms with Crippen molar-refractivity contribution in [3.05, 3.63) is 35.4 Å². The Hall–Kier alpha value is -1.35. The minimum Gasteiger partial charge on any atom is -0.481 e. The number of hydrogen-bond acceptors (Lipinski definition) is 2. The average molecular weight is 262 g/mol. The Morgan fingerprint density at radius 2 is 1.74 bits per heavy atom. The zero-order valence-electron chi connectivity index (χ0n) is 11.5. The van der Waals surface area contributed by atoms with Gasteiger partial charge in [-0.3, -0.25) is 4.79 Å². The average Bonchev–Trinajstić information content (AvgIpc) is 2.39. The number of rotatable bonds is 5. The molecule has 1 aliphatic rings. The van der Waals surface area contributed by atoms with Crippen LogP contribution >= 0.6 is 0 Å². The maximum Gasteiger partial charge on any atom is 0.307 e. The minimum absolute atomic E-state index is 0.0850. The zero-order chi connectivity index (χ0) is 13.7. The Kier molecular flexibility index (Phi) is 4.97. The highest BCUT2D eigenvalue weighted by atomic mass is 16.5. The van der Waals surface area contributed by atoms with E-state index in [9.17, 15) is 4.79 Å². The summed E-state index contributed by atoms with van der Waals surface area (Å²) in [5, 5.41) is 8.71. The quantitative estimate of drug-likeness (QED) is 0.884. The Bertz CT molecular complexity index is 403. The van der Waals surface area contributed by atoms with E-state index in [0.717, 1.165) is 29.9 Å². The van der Waals surface area contributed by atoms with Crippen LogP contribution in [0.15, 0.2) is 24.3 Å². The summed E-state index contributed by atoms with van der Waals surface area (Å²) >= 11 is 0. The summed E-state index contributed by atoms with van der Waals surface area (Å²) in [6.07, 6.45) is 5.35. The largest absolute Gasteiger partial charge is 0.481 e. The second-order valence-electron chi connectivity index (χ2n) is 5.58. The molecule has 0 unspecified atom stereocenters. The summed E-state index contributed by atoms with van der Waals surface area (Å²) in [5.74, 6) is 0.0514. The molecule has 1 aromatic rings. The van der Waals surface area contributed by atoms with Gasteiger partial charge in [0.2, 0.25) is 0 Å². The van der Waals surface area contributed by atoms with E-state index in [4.69, 9.17) is 9.84 Å². The summed E-state index contributed by atoms with van der Waals surface area (Å²) in [5.41, 5.74) is 1.95. The third-order valence-corrected chi connectivity index (χ3v) is 3.83. The number of aliphatic carboxylic acids is 1. The topological polar surface area (TPSA) is 46.5 Å². The molecule has 19 heavy (non-hydrogen) atoms. The van der Waals surface area contributed by atoms with Gasteiger partial charge in [-0.1, -0.05) is 31.2 Å². The second-order valence-corrected chi connectivity index (χ2v) is 5.58. The summed E-state index contributed by atoms with van der Waals surface area (Å²) in [7, 11) is 0. The molecule has 1 N–H and O–H groups in total. The molecule has 0 atom stereocenters. The molecule has 0 bridgehead atoms. The SMILES string of the molecule is CC1CCC(OCc2ccc(CC(=O)O)cc2)CC1. The molecule has 0 aromatic heterocycles. The van der Waals surface area contributed by atoms with Gasteiger partial charge < -0.3 is 9.84 Å². The molecular formula is C16H22O3. The molecule has 3 heteroatoms. The smallest absolute Gasteiger partial charge is 0.307 e. The van der Waals surface area contributed by atoms with Crippen LogP contribution in [-0.2, 0) is 22.6 Å². The van der Waals surface area contributed by atoms with E-state index >= 15 is 0 Å². The fourth-order valence-corrected chi connectivity index (χ4v) is 2.54. The Morgan fingerprint density at radius 3 is 2.32 bits per heavy atom. The molecule has 1 fully saturated rings. The molecule has 0 spiro atoms. The molecule has 0 aliphatic heterocycles. The lowest BCUT2D eigenvalue weighted by atomic mass is 9.89. The molecule has 3 nitrogen and oxygen atoms in total. The van der Waals surface area contributed by atoms with Crippen molar-refractivity contribution < 1.29 is 14.6 Å². The van der Waals surface area contributed by atoms with Crippen LogP contribution in [0.4, 0.5) is 0 Å². The normalized spacial score (nSPS) is 23.2. The fraction of sp³-hybridized carbons (Fsp3) is 0.562. The molecule has 2 rings (SSSR count). The van der Waals surface area contributed by atoms with E-state index in [1.807, 2.05) is 24.3 Å². The lowest BCUT2D eigenvalue weighted by Crippen LogP contribution is -2.20. The van der Waals surface area contributed by atoms with Crippen molar-refractivity contribution in [2.45, 2.75) is 51.7 Å². The number of hydrogen-bond donors (Lipinski definition) is 1.